The Labute approximate surface area is 60.2 Å². The third kappa shape index (κ3) is 3.78. The highest BCUT2D eigenvalue weighted by Gasteiger charge is 1.90. The molecule has 54 valence electrons. The van der Waals surface area contributed by atoms with Crippen LogP contribution in [0.25, 0.3) is 0 Å². The Bertz CT molecular complexity index is 157. The molecular formula is C8H10O2. The minimum absolute atomic E-state index is 0.523. The largest absolute Gasteiger partial charge is 0.299 e. The summed E-state index contributed by atoms with van der Waals surface area (Å²) in [5, 5.41) is 0. The van der Waals surface area contributed by atoms with Crippen molar-refractivity contribution in [1.82, 2.24) is 0 Å². The molecular weight excluding hydrogens is 128 g/mol. The Kier molecular flexibility index (Phi) is 5.25. The van der Waals surface area contributed by atoms with E-state index in [9.17, 15) is 9.59 Å². The molecule has 10 heavy (non-hydrogen) atoms. The van der Waals surface area contributed by atoms with Crippen LogP contribution in [0.3, 0.4) is 0 Å². The van der Waals surface area contributed by atoms with Gasteiger partial charge in [-0.15, -0.1) is 6.58 Å². The van der Waals surface area contributed by atoms with Crippen molar-refractivity contribution in [2.75, 3.05) is 0 Å². The number of hydrogen-bond acceptors (Lipinski definition) is 2. The van der Waals surface area contributed by atoms with Gasteiger partial charge in [-0.2, -0.15) is 0 Å². The lowest BCUT2D eigenvalue weighted by Gasteiger charge is -1.90. The molecule has 0 fully saturated rings. The van der Waals surface area contributed by atoms with E-state index in [4.69, 9.17) is 0 Å². The van der Waals surface area contributed by atoms with Crippen molar-refractivity contribution in [3.05, 3.63) is 24.3 Å². The first-order chi connectivity index (χ1) is 4.85. The van der Waals surface area contributed by atoms with Crippen molar-refractivity contribution >= 4 is 12.6 Å². The molecule has 0 aliphatic rings. The Balaban J connectivity index is 3.81. The predicted octanol–water partition coefficient (Wildman–Crippen LogP) is 1.28. The standard InChI is InChI=1S/C8H10O2/c1-2-3-4-8(7-10)5-6-9/h2,5-7H,1,3-4H2/b8-5-. The first kappa shape index (κ1) is 8.82. The van der Waals surface area contributed by atoms with E-state index in [1.165, 1.54) is 6.08 Å². The molecule has 0 unspecified atom stereocenters. The lowest BCUT2D eigenvalue weighted by molar-refractivity contribution is -0.106. The van der Waals surface area contributed by atoms with E-state index in [1.54, 1.807) is 6.08 Å². The van der Waals surface area contributed by atoms with Crippen LogP contribution in [-0.4, -0.2) is 12.6 Å². The fourth-order valence-corrected chi connectivity index (χ4v) is 0.538. The predicted molar refractivity (Wildman–Crippen MR) is 39.6 cm³/mol. The van der Waals surface area contributed by atoms with Crippen LogP contribution in [0.1, 0.15) is 12.8 Å². The maximum absolute atomic E-state index is 10.1. The zero-order valence-corrected chi connectivity index (χ0v) is 5.75. The lowest BCUT2D eigenvalue weighted by atomic mass is 10.1. The van der Waals surface area contributed by atoms with Gasteiger partial charge in [-0.1, -0.05) is 6.08 Å². The molecule has 0 bridgehead atoms. The highest BCUT2D eigenvalue weighted by atomic mass is 16.1. The van der Waals surface area contributed by atoms with Crippen LogP contribution in [0.15, 0.2) is 24.3 Å². The number of carbonyl (C=O) groups excluding carboxylic acids is 2. The second-order valence-corrected chi connectivity index (χ2v) is 1.82. The molecule has 0 radical (unpaired) electrons. The van der Waals surface area contributed by atoms with E-state index in [-0.39, 0.29) is 0 Å². The van der Waals surface area contributed by atoms with Gasteiger partial charge in [-0.05, 0) is 24.5 Å². The first-order valence-electron chi connectivity index (χ1n) is 3.05. The fourth-order valence-electron chi connectivity index (χ4n) is 0.538. The maximum Gasteiger partial charge on any atom is 0.146 e. The maximum atomic E-state index is 10.1. The van der Waals surface area contributed by atoms with E-state index in [2.05, 4.69) is 6.58 Å². The topological polar surface area (TPSA) is 34.1 Å². The van der Waals surface area contributed by atoms with Crippen LogP contribution in [0.5, 0.6) is 0 Å². The summed E-state index contributed by atoms with van der Waals surface area (Å²) in [6.07, 6.45) is 5.63. The van der Waals surface area contributed by atoms with Gasteiger partial charge in [0.05, 0.1) is 0 Å². The van der Waals surface area contributed by atoms with E-state index in [0.717, 1.165) is 6.42 Å². The van der Waals surface area contributed by atoms with Crippen LogP contribution in [0.2, 0.25) is 0 Å². The molecule has 0 saturated carbocycles. The summed E-state index contributed by atoms with van der Waals surface area (Å²) in [5.74, 6) is 0. The number of hydrogen-bond donors (Lipinski definition) is 0. The molecule has 0 aliphatic carbocycles. The monoisotopic (exact) mass is 138 g/mol. The van der Waals surface area contributed by atoms with Crippen molar-refractivity contribution in [3.8, 4) is 0 Å². The van der Waals surface area contributed by atoms with Crippen molar-refractivity contribution in [2.24, 2.45) is 0 Å². The van der Waals surface area contributed by atoms with Gasteiger partial charge in [-0.3, -0.25) is 9.59 Å². The Morgan fingerprint density at radius 3 is 2.50 bits per heavy atom. The summed E-state index contributed by atoms with van der Waals surface area (Å²) in [6.45, 7) is 3.50. The number of rotatable bonds is 5. The van der Waals surface area contributed by atoms with Gasteiger partial charge in [0.25, 0.3) is 0 Å². The SMILES string of the molecule is C=CCC/C(C=O)=C/C=O. The van der Waals surface area contributed by atoms with Crippen molar-refractivity contribution in [3.63, 3.8) is 0 Å². The van der Waals surface area contributed by atoms with Gasteiger partial charge >= 0.3 is 0 Å². The molecule has 0 heterocycles. The van der Waals surface area contributed by atoms with E-state index in [1.807, 2.05) is 0 Å². The highest BCUT2D eigenvalue weighted by Crippen LogP contribution is 2.00. The number of carbonyl (C=O) groups is 2. The van der Waals surface area contributed by atoms with Gasteiger partial charge < -0.3 is 0 Å². The zero-order valence-electron chi connectivity index (χ0n) is 5.75. The molecule has 0 N–H and O–H groups in total. The molecule has 0 rings (SSSR count). The third-order valence-corrected chi connectivity index (χ3v) is 1.07. The van der Waals surface area contributed by atoms with Crippen LogP contribution < -0.4 is 0 Å². The Hall–Kier alpha value is -1.18. The van der Waals surface area contributed by atoms with E-state index in [0.29, 0.717) is 24.6 Å². The summed E-state index contributed by atoms with van der Waals surface area (Å²) >= 11 is 0. The molecule has 2 heteroatoms. The van der Waals surface area contributed by atoms with Crippen molar-refractivity contribution < 1.29 is 9.59 Å². The molecule has 2 nitrogen and oxygen atoms in total. The normalized spacial score (nSPS) is 10.6. The minimum atomic E-state index is 0.523. The molecule has 0 aromatic rings. The Morgan fingerprint density at radius 1 is 1.40 bits per heavy atom. The van der Waals surface area contributed by atoms with Gasteiger partial charge in [0.1, 0.15) is 12.6 Å². The third-order valence-electron chi connectivity index (χ3n) is 1.07. The van der Waals surface area contributed by atoms with Gasteiger partial charge in [0.15, 0.2) is 0 Å². The summed E-state index contributed by atoms with van der Waals surface area (Å²) in [5.41, 5.74) is 0.523. The van der Waals surface area contributed by atoms with Crippen LogP contribution in [0, 0.1) is 0 Å². The van der Waals surface area contributed by atoms with Gasteiger partial charge in [-0.25, -0.2) is 0 Å². The van der Waals surface area contributed by atoms with Gasteiger partial charge in [0.2, 0.25) is 0 Å². The second kappa shape index (κ2) is 5.95. The molecule has 0 aromatic carbocycles. The molecule has 0 amide bonds. The van der Waals surface area contributed by atoms with Crippen LogP contribution in [0.4, 0.5) is 0 Å². The van der Waals surface area contributed by atoms with Crippen molar-refractivity contribution in [2.45, 2.75) is 12.8 Å². The average molecular weight is 138 g/mol. The molecule has 0 saturated heterocycles. The Morgan fingerprint density at radius 2 is 2.10 bits per heavy atom. The first-order valence-corrected chi connectivity index (χ1v) is 3.05. The fraction of sp³-hybridized carbons (Fsp3) is 0.250. The number of allylic oxidation sites excluding steroid dienone is 3. The highest BCUT2D eigenvalue weighted by molar-refractivity contribution is 5.81. The summed E-state index contributed by atoms with van der Waals surface area (Å²) < 4.78 is 0. The quantitative estimate of drug-likeness (QED) is 0.326. The van der Waals surface area contributed by atoms with Gasteiger partial charge in [0, 0.05) is 0 Å². The van der Waals surface area contributed by atoms with Crippen LogP contribution in [-0.2, 0) is 9.59 Å². The molecule has 0 aliphatic heterocycles. The van der Waals surface area contributed by atoms with E-state index < -0.39 is 0 Å². The summed E-state index contributed by atoms with van der Waals surface area (Å²) in [7, 11) is 0. The second-order valence-electron chi connectivity index (χ2n) is 1.82. The zero-order chi connectivity index (χ0) is 7.82. The molecule has 0 spiro atoms. The lowest BCUT2D eigenvalue weighted by Crippen LogP contribution is -1.84. The molecule has 0 atom stereocenters. The summed E-state index contributed by atoms with van der Waals surface area (Å²) in [6, 6.07) is 0. The smallest absolute Gasteiger partial charge is 0.146 e. The minimum Gasteiger partial charge on any atom is -0.299 e. The average Bonchev–Trinajstić information content (AvgIpc) is 1.98. The summed E-state index contributed by atoms with van der Waals surface area (Å²) in [4.78, 5) is 20.0. The van der Waals surface area contributed by atoms with E-state index >= 15 is 0 Å². The number of aldehydes is 2. The van der Waals surface area contributed by atoms with Crippen molar-refractivity contribution in [1.29, 1.82) is 0 Å². The molecule has 0 aromatic heterocycles. The van der Waals surface area contributed by atoms with Crippen LogP contribution >= 0.6 is 0 Å².